The first-order valence-corrected chi connectivity index (χ1v) is 11.5. The summed E-state index contributed by atoms with van der Waals surface area (Å²) in [7, 11) is -2.06. The predicted octanol–water partition coefficient (Wildman–Crippen LogP) is 3.15. The smallest absolute Gasteiger partial charge is 0.229 e. The van der Waals surface area contributed by atoms with Crippen LogP contribution in [0, 0.1) is 0 Å². The van der Waals surface area contributed by atoms with Gasteiger partial charge in [-0.2, -0.15) is 0 Å². The van der Waals surface area contributed by atoms with E-state index in [4.69, 9.17) is 14.2 Å². The van der Waals surface area contributed by atoms with Crippen LogP contribution < -0.4 is 24.2 Å². The van der Waals surface area contributed by atoms with Crippen LogP contribution in [0.15, 0.2) is 36.4 Å². The SMILES string of the molecule is CCOc1ccc(N[C@H]2c3cc(OC)c(NS(C)(=O)=O)cc3OC(C)(C)[C@@H]2O)cc1. The third kappa shape index (κ3) is 4.73. The molecule has 2 atom stereocenters. The Morgan fingerprint density at radius 1 is 1.20 bits per heavy atom. The molecule has 0 aromatic heterocycles. The molecular weight excluding hydrogens is 408 g/mol. The molecule has 0 radical (unpaired) electrons. The van der Waals surface area contributed by atoms with Gasteiger partial charge in [-0.15, -0.1) is 0 Å². The van der Waals surface area contributed by atoms with Crippen LogP contribution in [0.25, 0.3) is 0 Å². The van der Waals surface area contributed by atoms with Gasteiger partial charge in [0.05, 0.1) is 31.7 Å². The molecule has 0 unspecified atom stereocenters. The summed E-state index contributed by atoms with van der Waals surface area (Å²) in [4.78, 5) is 0. The number of aliphatic hydroxyl groups excluding tert-OH is 1. The summed E-state index contributed by atoms with van der Waals surface area (Å²) >= 11 is 0. The van der Waals surface area contributed by atoms with Crippen molar-refractivity contribution in [1.29, 1.82) is 0 Å². The number of fused-ring (bicyclic) bond motifs is 1. The van der Waals surface area contributed by atoms with E-state index in [1.165, 1.54) is 7.11 Å². The molecule has 0 spiro atoms. The van der Waals surface area contributed by atoms with Gasteiger partial charge in [0, 0.05) is 17.3 Å². The minimum absolute atomic E-state index is 0.269. The summed E-state index contributed by atoms with van der Waals surface area (Å²) in [6, 6.07) is 10.2. The number of hydrogen-bond donors (Lipinski definition) is 3. The summed E-state index contributed by atoms with van der Waals surface area (Å²) in [5.74, 6) is 1.54. The van der Waals surface area contributed by atoms with Crippen LogP contribution in [0.4, 0.5) is 11.4 Å². The first kappa shape index (κ1) is 22.0. The number of benzene rings is 2. The van der Waals surface area contributed by atoms with Crippen LogP contribution in [-0.4, -0.2) is 45.2 Å². The minimum Gasteiger partial charge on any atom is -0.495 e. The van der Waals surface area contributed by atoms with Gasteiger partial charge < -0.3 is 24.6 Å². The summed E-state index contributed by atoms with van der Waals surface area (Å²) < 4.78 is 42.8. The van der Waals surface area contributed by atoms with E-state index in [1.807, 2.05) is 31.2 Å². The highest BCUT2D eigenvalue weighted by molar-refractivity contribution is 7.92. The van der Waals surface area contributed by atoms with Crippen molar-refractivity contribution in [3.05, 3.63) is 42.0 Å². The summed E-state index contributed by atoms with van der Waals surface area (Å²) in [6.07, 6.45) is 0.187. The second kappa shape index (κ2) is 8.23. The van der Waals surface area contributed by atoms with Crippen LogP contribution in [0.2, 0.25) is 0 Å². The molecule has 3 N–H and O–H groups in total. The van der Waals surface area contributed by atoms with Gasteiger partial charge in [0.2, 0.25) is 10.0 Å². The van der Waals surface area contributed by atoms with E-state index in [2.05, 4.69) is 10.0 Å². The maximum Gasteiger partial charge on any atom is 0.229 e. The molecule has 2 aromatic rings. The number of nitrogens with one attached hydrogen (secondary N) is 2. The van der Waals surface area contributed by atoms with Gasteiger partial charge in [0.1, 0.15) is 29.0 Å². The van der Waals surface area contributed by atoms with Crippen LogP contribution in [0.1, 0.15) is 32.4 Å². The molecule has 2 aromatic carbocycles. The molecule has 9 heteroatoms. The topological polar surface area (TPSA) is 106 Å². The van der Waals surface area contributed by atoms with E-state index >= 15 is 0 Å². The molecule has 0 fully saturated rings. The lowest BCUT2D eigenvalue weighted by molar-refractivity contribution is -0.0532. The molecule has 0 amide bonds. The van der Waals surface area contributed by atoms with Crippen molar-refractivity contribution in [2.75, 3.05) is 30.0 Å². The van der Waals surface area contributed by atoms with E-state index in [1.54, 1.807) is 26.0 Å². The predicted molar refractivity (Wildman–Crippen MR) is 116 cm³/mol. The fraction of sp³-hybridized carbons (Fsp3) is 0.429. The lowest BCUT2D eigenvalue weighted by atomic mass is 9.86. The highest BCUT2D eigenvalue weighted by Gasteiger charge is 2.43. The van der Waals surface area contributed by atoms with Gasteiger partial charge in [-0.1, -0.05) is 0 Å². The Bertz CT molecular complexity index is 1000. The number of hydrogen-bond acceptors (Lipinski definition) is 7. The summed E-state index contributed by atoms with van der Waals surface area (Å²) in [6.45, 7) is 6.06. The number of methoxy groups -OCH3 is 1. The van der Waals surface area contributed by atoms with Gasteiger partial charge in [-0.3, -0.25) is 4.72 Å². The third-order valence-corrected chi connectivity index (χ3v) is 5.44. The van der Waals surface area contributed by atoms with Crippen molar-refractivity contribution >= 4 is 21.4 Å². The lowest BCUT2D eigenvalue weighted by Crippen LogP contribution is -2.50. The van der Waals surface area contributed by atoms with Gasteiger partial charge in [-0.05, 0) is 51.1 Å². The van der Waals surface area contributed by atoms with Crippen molar-refractivity contribution in [2.45, 2.75) is 38.5 Å². The van der Waals surface area contributed by atoms with E-state index in [0.717, 1.165) is 17.7 Å². The standard InChI is InChI=1S/C21H28N2O6S/c1-6-28-14-9-7-13(8-10-14)22-19-15-11-18(27-4)16(23-30(5,25)26)12-17(15)29-21(2,3)20(19)24/h7-12,19-20,22-24H,6H2,1-5H3/t19-,20+/m0/s1. The van der Waals surface area contributed by atoms with Gasteiger partial charge in [0.25, 0.3) is 0 Å². The molecule has 0 bridgehead atoms. The largest absolute Gasteiger partial charge is 0.495 e. The zero-order chi connectivity index (χ0) is 22.1. The van der Waals surface area contributed by atoms with Crippen molar-refractivity contribution in [2.24, 2.45) is 0 Å². The maximum absolute atomic E-state index is 11.7. The Morgan fingerprint density at radius 3 is 2.43 bits per heavy atom. The van der Waals surface area contributed by atoms with E-state index in [0.29, 0.717) is 23.7 Å². The van der Waals surface area contributed by atoms with E-state index < -0.39 is 27.8 Å². The zero-order valence-corrected chi connectivity index (χ0v) is 18.5. The average Bonchev–Trinajstić information content (AvgIpc) is 2.65. The Labute approximate surface area is 177 Å². The quantitative estimate of drug-likeness (QED) is 0.612. The molecule has 1 aliphatic heterocycles. The van der Waals surface area contributed by atoms with Gasteiger partial charge in [-0.25, -0.2) is 8.42 Å². The Morgan fingerprint density at radius 2 is 1.87 bits per heavy atom. The summed E-state index contributed by atoms with van der Waals surface area (Å²) in [5, 5.41) is 14.3. The number of sulfonamides is 1. The second-order valence-electron chi connectivity index (χ2n) is 7.69. The van der Waals surface area contributed by atoms with Crippen molar-refractivity contribution in [3.8, 4) is 17.2 Å². The molecular formula is C21H28N2O6S. The average molecular weight is 437 g/mol. The first-order valence-electron chi connectivity index (χ1n) is 9.60. The highest BCUT2D eigenvalue weighted by Crippen LogP contribution is 2.45. The summed E-state index contributed by atoms with van der Waals surface area (Å²) in [5.41, 5.74) is 0.813. The molecule has 1 aliphatic rings. The van der Waals surface area contributed by atoms with Crippen LogP contribution in [0.3, 0.4) is 0 Å². The molecule has 3 rings (SSSR count). The van der Waals surface area contributed by atoms with Crippen LogP contribution >= 0.6 is 0 Å². The third-order valence-electron chi connectivity index (χ3n) is 4.85. The lowest BCUT2D eigenvalue weighted by Gasteiger charge is -2.43. The van der Waals surface area contributed by atoms with E-state index in [-0.39, 0.29) is 5.69 Å². The van der Waals surface area contributed by atoms with Crippen molar-refractivity contribution in [3.63, 3.8) is 0 Å². The Balaban J connectivity index is 2.01. The van der Waals surface area contributed by atoms with E-state index in [9.17, 15) is 13.5 Å². The zero-order valence-electron chi connectivity index (χ0n) is 17.7. The Kier molecular flexibility index (Phi) is 6.05. The normalized spacial score (nSPS) is 19.9. The number of aliphatic hydroxyl groups is 1. The molecule has 30 heavy (non-hydrogen) atoms. The molecule has 164 valence electrons. The second-order valence-corrected chi connectivity index (χ2v) is 9.44. The molecule has 8 nitrogen and oxygen atoms in total. The van der Waals surface area contributed by atoms with Gasteiger partial charge >= 0.3 is 0 Å². The maximum atomic E-state index is 11.7. The highest BCUT2D eigenvalue weighted by atomic mass is 32.2. The number of anilines is 2. The fourth-order valence-corrected chi connectivity index (χ4v) is 3.98. The molecule has 0 saturated carbocycles. The monoisotopic (exact) mass is 436 g/mol. The molecule has 0 saturated heterocycles. The first-order chi connectivity index (χ1) is 14.0. The van der Waals surface area contributed by atoms with Crippen LogP contribution in [-0.2, 0) is 10.0 Å². The van der Waals surface area contributed by atoms with Crippen LogP contribution in [0.5, 0.6) is 17.2 Å². The molecule has 0 aliphatic carbocycles. The number of rotatable bonds is 7. The fourth-order valence-electron chi connectivity index (χ4n) is 3.42. The minimum atomic E-state index is -3.51. The molecule has 1 heterocycles. The number of ether oxygens (including phenoxy) is 3. The van der Waals surface area contributed by atoms with Gasteiger partial charge in [0.15, 0.2) is 0 Å². The Hall–Kier alpha value is -2.65. The van der Waals surface area contributed by atoms with Crippen molar-refractivity contribution < 1.29 is 27.7 Å². The van der Waals surface area contributed by atoms with Crippen molar-refractivity contribution in [1.82, 2.24) is 0 Å².